The van der Waals surface area contributed by atoms with Crippen LogP contribution in [0.3, 0.4) is 0 Å². The molecule has 2 nitrogen and oxygen atoms in total. The van der Waals surface area contributed by atoms with Gasteiger partial charge in [-0.25, -0.2) is 0 Å². The van der Waals surface area contributed by atoms with Crippen molar-refractivity contribution in [2.45, 2.75) is 18.9 Å². The molecule has 0 saturated heterocycles. The van der Waals surface area contributed by atoms with E-state index < -0.39 is 5.54 Å². The van der Waals surface area contributed by atoms with Gasteiger partial charge >= 0.3 is 0 Å². The summed E-state index contributed by atoms with van der Waals surface area (Å²) < 4.78 is 0. The van der Waals surface area contributed by atoms with E-state index >= 15 is 0 Å². The Morgan fingerprint density at radius 1 is 1.17 bits per heavy atom. The van der Waals surface area contributed by atoms with Crippen molar-refractivity contribution in [3.8, 4) is 0 Å². The van der Waals surface area contributed by atoms with Crippen LogP contribution in [0, 0.1) is 0 Å². The molecule has 0 radical (unpaired) electrons. The van der Waals surface area contributed by atoms with Crippen LogP contribution >= 0.6 is 23.2 Å². The van der Waals surface area contributed by atoms with E-state index in [1.807, 2.05) is 37.3 Å². The van der Waals surface area contributed by atoms with Gasteiger partial charge in [0, 0.05) is 23.0 Å². The lowest BCUT2D eigenvalue weighted by Crippen LogP contribution is -2.35. The Morgan fingerprint density at radius 3 is 2.44 bits per heavy atom. The lowest BCUT2D eigenvalue weighted by Gasteiger charge is -2.26. The molecule has 2 rings (SSSR count). The summed E-state index contributed by atoms with van der Waals surface area (Å²) in [6.45, 7) is 1.98. The Balaban J connectivity index is 2.27. The van der Waals surface area contributed by atoms with Gasteiger partial charge in [-0.05, 0) is 42.7 Å². The highest BCUT2D eigenvalue weighted by atomic mass is 35.5. The number of nitrogens with two attached hydrogens (primary N) is 1. The molecule has 0 aliphatic carbocycles. The number of benzene rings is 1. The molecule has 0 saturated carbocycles. The zero-order valence-electron chi connectivity index (χ0n) is 10.0. The van der Waals surface area contributed by atoms with Crippen molar-refractivity contribution in [3.63, 3.8) is 0 Å². The first-order chi connectivity index (χ1) is 8.49. The molecule has 1 atom stereocenters. The van der Waals surface area contributed by atoms with Crippen molar-refractivity contribution in [3.05, 3.63) is 63.9 Å². The Labute approximate surface area is 117 Å². The van der Waals surface area contributed by atoms with Crippen molar-refractivity contribution >= 4 is 23.2 Å². The van der Waals surface area contributed by atoms with Crippen LogP contribution in [0.1, 0.15) is 18.1 Å². The van der Waals surface area contributed by atoms with E-state index in [1.54, 1.807) is 12.4 Å². The number of hydrogen-bond acceptors (Lipinski definition) is 2. The maximum absolute atomic E-state index is 6.37. The van der Waals surface area contributed by atoms with Gasteiger partial charge in [0.25, 0.3) is 0 Å². The molecule has 1 aromatic carbocycles. The first kappa shape index (κ1) is 13.3. The molecule has 0 aliphatic rings. The van der Waals surface area contributed by atoms with Gasteiger partial charge in [-0.15, -0.1) is 0 Å². The minimum atomic E-state index is -0.490. The second-order valence-corrected chi connectivity index (χ2v) is 5.41. The summed E-state index contributed by atoms with van der Waals surface area (Å²) in [4.78, 5) is 3.97. The molecule has 0 amide bonds. The summed E-state index contributed by atoms with van der Waals surface area (Å²) in [5, 5.41) is 1.35. The van der Waals surface area contributed by atoms with E-state index in [-0.39, 0.29) is 0 Å². The number of hydrogen-bond donors (Lipinski definition) is 1. The zero-order chi connectivity index (χ0) is 13.2. The van der Waals surface area contributed by atoms with E-state index in [1.165, 1.54) is 0 Å². The largest absolute Gasteiger partial charge is 0.321 e. The topological polar surface area (TPSA) is 38.9 Å². The van der Waals surface area contributed by atoms with Crippen LogP contribution in [0.15, 0.2) is 42.7 Å². The van der Waals surface area contributed by atoms with E-state index in [0.29, 0.717) is 16.5 Å². The third-order valence-electron chi connectivity index (χ3n) is 2.92. The van der Waals surface area contributed by atoms with Gasteiger partial charge in [0.1, 0.15) is 0 Å². The van der Waals surface area contributed by atoms with Gasteiger partial charge in [0.15, 0.2) is 0 Å². The molecular weight excluding hydrogens is 267 g/mol. The molecule has 18 heavy (non-hydrogen) atoms. The van der Waals surface area contributed by atoms with Crippen LogP contribution in [0.25, 0.3) is 0 Å². The summed E-state index contributed by atoms with van der Waals surface area (Å²) in [5.74, 6) is 0. The molecule has 0 aliphatic heterocycles. The number of halogens is 2. The van der Waals surface area contributed by atoms with Crippen molar-refractivity contribution in [1.29, 1.82) is 0 Å². The van der Waals surface area contributed by atoms with Gasteiger partial charge in [-0.2, -0.15) is 0 Å². The fourth-order valence-electron chi connectivity index (χ4n) is 1.88. The van der Waals surface area contributed by atoms with E-state index in [4.69, 9.17) is 28.9 Å². The monoisotopic (exact) mass is 280 g/mol. The fourth-order valence-corrected chi connectivity index (χ4v) is 2.19. The number of pyridine rings is 1. The first-order valence-electron chi connectivity index (χ1n) is 5.62. The van der Waals surface area contributed by atoms with Crippen LogP contribution in [0.2, 0.25) is 10.0 Å². The Kier molecular flexibility index (Phi) is 3.91. The second kappa shape index (κ2) is 5.27. The standard InChI is InChI=1S/C14H14Cl2N2/c1-14(17,11-2-4-12(15)5-3-11)8-10-6-7-18-9-13(10)16/h2-7,9H,8,17H2,1H3. The highest BCUT2D eigenvalue weighted by molar-refractivity contribution is 6.31. The van der Waals surface area contributed by atoms with Crippen molar-refractivity contribution in [1.82, 2.24) is 4.98 Å². The normalized spacial score (nSPS) is 14.2. The van der Waals surface area contributed by atoms with Gasteiger partial charge in [-0.1, -0.05) is 35.3 Å². The molecule has 4 heteroatoms. The summed E-state index contributed by atoms with van der Waals surface area (Å²) in [7, 11) is 0. The summed E-state index contributed by atoms with van der Waals surface area (Å²) in [5.41, 5.74) is 7.90. The van der Waals surface area contributed by atoms with E-state index in [0.717, 1.165) is 11.1 Å². The zero-order valence-corrected chi connectivity index (χ0v) is 11.5. The minimum Gasteiger partial charge on any atom is -0.321 e. The predicted octanol–water partition coefficient (Wildman–Crippen LogP) is 3.81. The van der Waals surface area contributed by atoms with Crippen LogP contribution in [-0.4, -0.2) is 4.98 Å². The minimum absolute atomic E-state index is 0.490. The Morgan fingerprint density at radius 2 is 1.83 bits per heavy atom. The Bertz CT molecular complexity index is 536. The third-order valence-corrected chi connectivity index (χ3v) is 3.51. The molecule has 0 spiro atoms. The molecule has 0 bridgehead atoms. The summed E-state index contributed by atoms with van der Waals surface area (Å²) in [6.07, 6.45) is 4.00. The average molecular weight is 281 g/mol. The van der Waals surface area contributed by atoms with Crippen LogP contribution in [-0.2, 0) is 12.0 Å². The highest BCUT2D eigenvalue weighted by Crippen LogP contribution is 2.26. The van der Waals surface area contributed by atoms with Gasteiger partial charge in [0.05, 0.1) is 5.02 Å². The lowest BCUT2D eigenvalue weighted by atomic mass is 9.87. The maximum atomic E-state index is 6.37. The highest BCUT2D eigenvalue weighted by Gasteiger charge is 2.22. The molecular formula is C14H14Cl2N2. The quantitative estimate of drug-likeness (QED) is 0.929. The fraction of sp³-hybridized carbons (Fsp3) is 0.214. The number of aromatic nitrogens is 1. The molecule has 1 aromatic heterocycles. The summed E-state index contributed by atoms with van der Waals surface area (Å²) in [6, 6.07) is 9.46. The third kappa shape index (κ3) is 3.02. The molecule has 1 heterocycles. The number of nitrogens with zero attached hydrogens (tertiary/aromatic N) is 1. The maximum Gasteiger partial charge on any atom is 0.0622 e. The lowest BCUT2D eigenvalue weighted by molar-refractivity contribution is 0.491. The molecule has 0 fully saturated rings. The molecule has 2 aromatic rings. The van der Waals surface area contributed by atoms with Crippen LogP contribution in [0.5, 0.6) is 0 Å². The molecule has 94 valence electrons. The smallest absolute Gasteiger partial charge is 0.0622 e. The summed E-state index contributed by atoms with van der Waals surface area (Å²) >= 11 is 12.0. The first-order valence-corrected chi connectivity index (χ1v) is 6.38. The number of rotatable bonds is 3. The van der Waals surface area contributed by atoms with Crippen LogP contribution < -0.4 is 5.73 Å². The molecule has 1 unspecified atom stereocenters. The SMILES string of the molecule is CC(N)(Cc1ccncc1Cl)c1ccc(Cl)cc1. The predicted molar refractivity (Wildman–Crippen MR) is 75.9 cm³/mol. The average Bonchev–Trinajstić information content (AvgIpc) is 2.32. The van der Waals surface area contributed by atoms with Crippen LogP contribution in [0.4, 0.5) is 0 Å². The van der Waals surface area contributed by atoms with Gasteiger partial charge < -0.3 is 5.73 Å². The van der Waals surface area contributed by atoms with Gasteiger partial charge in [0.2, 0.25) is 0 Å². The Hall–Kier alpha value is -1.09. The van der Waals surface area contributed by atoms with E-state index in [9.17, 15) is 0 Å². The van der Waals surface area contributed by atoms with Crippen molar-refractivity contribution in [2.24, 2.45) is 5.73 Å². The van der Waals surface area contributed by atoms with Gasteiger partial charge in [-0.3, -0.25) is 4.98 Å². The second-order valence-electron chi connectivity index (χ2n) is 4.57. The van der Waals surface area contributed by atoms with E-state index in [2.05, 4.69) is 4.98 Å². The molecule has 2 N–H and O–H groups in total. The van der Waals surface area contributed by atoms with Crippen molar-refractivity contribution in [2.75, 3.05) is 0 Å². The van der Waals surface area contributed by atoms with Crippen molar-refractivity contribution < 1.29 is 0 Å².